The first-order valence-electron chi connectivity index (χ1n) is 8.25. The van der Waals surface area contributed by atoms with E-state index in [0.717, 1.165) is 43.5 Å². The minimum absolute atomic E-state index is 0.0867. The topological polar surface area (TPSA) is 63.9 Å². The van der Waals surface area contributed by atoms with Crippen LogP contribution in [0.5, 0.6) is 0 Å². The number of carbonyl (C=O) groups excluding carboxylic acids is 1. The summed E-state index contributed by atoms with van der Waals surface area (Å²) in [6, 6.07) is 5.54. The summed E-state index contributed by atoms with van der Waals surface area (Å²) in [6.07, 6.45) is 11.0. The molecule has 6 heteroatoms. The Balaban J connectivity index is 1.41. The summed E-state index contributed by atoms with van der Waals surface area (Å²) in [5, 5.41) is 0. The summed E-state index contributed by atoms with van der Waals surface area (Å²) in [7, 11) is 0. The smallest absolute Gasteiger partial charge is 0.253 e. The van der Waals surface area contributed by atoms with E-state index >= 15 is 0 Å². The fourth-order valence-corrected chi connectivity index (χ4v) is 3.29. The fraction of sp³-hybridized carbons (Fsp3) is 0.333. The van der Waals surface area contributed by atoms with Gasteiger partial charge in [-0.15, -0.1) is 0 Å². The molecule has 0 spiro atoms. The number of fused-ring (bicyclic) bond motifs is 1. The van der Waals surface area contributed by atoms with E-state index in [1.165, 1.54) is 0 Å². The highest BCUT2D eigenvalue weighted by molar-refractivity contribution is 5.97. The zero-order valence-corrected chi connectivity index (χ0v) is 13.4. The highest BCUT2D eigenvalue weighted by Crippen LogP contribution is 2.21. The Bertz CT molecular complexity index is 838. The Kier molecular flexibility index (Phi) is 3.94. The van der Waals surface area contributed by atoms with Crippen LogP contribution < -0.4 is 0 Å². The van der Waals surface area contributed by atoms with Gasteiger partial charge in [0.15, 0.2) is 0 Å². The second-order valence-corrected chi connectivity index (χ2v) is 6.25. The molecule has 122 valence electrons. The van der Waals surface area contributed by atoms with Gasteiger partial charge in [0.25, 0.3) is 5.91 Å². The van der Waals surface area contributed by atoms with Crippen LogP contribution in [0.25, 0.3) is 11.0 Å². The van der Waals surface area contributed by atoms with Crippen molar-refractivity contribution in [2.75, 3.05) is 13.1 Å². The summed E-state index contributed by atoms with van der Waals surface area (Å²) in [5.74, 6) is 0.689. The molecule has 1 fully saturated rings. The third-order valence-electron chi connectivity index (χ3n) is 4.65. The minimum atomic E-state index is 0.0867. The van der Waals surface area contributed by atoms with Crippen molar-refractivity contribution in [2.24, 2.45) is 5.92 Å². The van der Waals surface area contributed by atoms with Crippen molar-refractivity contribution in [1.82, 2.24) is 24.4 Å². The number of amides is 1. The van der Waals surface area contributed by atoms with Crippen molar-refractivity contribution in [3.63, 3.8) is 0 Å². The molecule has 0 bridgehead atoms. The molecule has 6 nitrogen and oxygen atoms in total. The standard InChI is InChI=1S/C18H19N5O/c24-18(15-1-2-16-17(11-15)21-6-5-20-16)23-8-3-14(4-9-23)12-22-10-7-19-13-22/h1-2,5-7,10-11,13-14H,3-4,8-9,12H2. The van der Waals surface area contributed by atoms with E-state index in [-0.39, 0.29) is 5.91 Å². The Labute approximate surface area is 140 Å². The number of rotatable bonds is 3. The minimum Gasteiger partial charge on any atom is -0.339 e. The predicted octanol–water partition coefficient (Wildman–Crippen LogP) is 2.38. The monoisotopic (exact) mass is 321 g/mol. The van der Waals surface area contributed by atoms with Gasteiger partial charge in [-0.2, -0.15) is 0 Å². The number of imidazole rings is 1. The van der Waals surface area contributed by atoms with Crippen LogP contribution in [0.3, 0.4) is 0 Å². The average molecular weight is 321 g/mol. The second-order valence-electron chi connectivity index (χ2n) is 6.25. The Morgan fingerprint density at radius 2 is 1.88 bits per heavy atom. The van der Waals surface area contributed by atoms with Gasteiger partial charge in [-0.25, -0.2) is 4.98 Å². The quantitative estimate of drug-likeness (QED) is 0.743. The lowest BCUT2D eigenvalue weighted by molar-refractivity contribution is 0.0683. The van der Waals surface area contributed by atoms with Gasteiger partial charge >= 0.3 is 0 Å². The molecule has 2 aromatic heterocycles. The van der Waals surface area contributed by atoms with Crippen molar-refractivity contribution in [1.29, 1.82) is 0 Å². The molecule has 1 aromatic carbocycles. The van der Waals surface area contributed by atoms with E-state index < -0.39 is 0 Å². The van der Waals surface area contributed by atoms with Crippen molar-refractivity contribution in [3.05, 3.63) is 54.9 Å². The van der Waals surface area contributed by atoms with Gasteiger partial charge in [0.1, 0.15) is 0 Å². The van der Waals surface area contributed by atoms with Gasteiger partial charge in [-0.3, -0.25) is 14.8 Å². The van der Waals surface area contributed by atoms with E-state index in [2.05, 4.69) is 19.5 Å². The molecule has 1 saturated heterocycles. The van der Waals surface area contributed by atoms with Crippen LogP contribution in [0, 0.1) is 5.92 Å². The van der Waals surface area contributed by atoms with E-state index in [1.54, 1.807) is 18.6 Å². The van der Waals surface area contributed by atoms with Crippen LogP contribution in [0.4, 0.5) is 0 Å². The molecule has 0 saturated carbocycles. The highest BCUT2D eigenvalue weighted by atomic mass is 16.2. The lowest BCUT2D eigenvalue weighted by Crippen LogP contribution is -2.39. The van der Waals surface area contributed by atoms with E-state index in [4.69, 9.17) is 0 Å². The molecule has 1 aliphatic rings. The summed E-state index contributed by atoms with van der Waals surface area (Å²) in [4.78, 5) is 27.3. The normalized spacial score (nSPS) is 15.8. The van der Waals surface area contributed by atoms with Crippen LogP contribution >= 0.6 is 0 Å². The van der Waals surface area contributed by atoms with E-state index in [1.807, 2.05) is 35.6 Å². The van der Waals surface area contributed by atoms with Gasteiger partial charge in [0.05, 0.1) is 17.4 Å². The largest absolute Gasteiger partial charge is 0.339 e. The number of aromatic nitrogens is 4. The molecule has 0 radical (unpaired) electrons. The molecule has 1 aliphatic heterocycles. The molecule has 0 aliphatic carbocycles. The lowest BCUT2D eigenvalue weighted by atomic mass is 9.96. The van der Waals surface area contributed by atoms with Crippen LogP contribution in [-0.4, -0.2) is 43.4 Å². The van der Waals surface area contributed by atoms with Crippen molar-refractivity contribution < 1.29 is 4.79 Å². The van der Waals surface area contributed by atoms with Crippen LogP contribution in [0.1, 0.15) is 23.2 Å². The number of hydrogen-bond acceptors (Lipinski definition) is 4. The summed E-state index contributed by atoms with van der Waals surface area (Å²) in [6.45, 7) is 2.58. The third-order valence-corrected chi connectivity index (χ3v) is 4.65. The molecular weight excluding hydrogens is 302 g/mol. The number of piperidine rings is 1. The molecule has 1 amide bonds. The van der Waals surface area contributed by atoms with Gasteiger partial charge in [-0.1, -0.05) is 0 Å². The van der Waals surface area contributed by atoms with Crippen molar-refractivity contribution >= 4 is 16.9 Å². The van der Waals surface area contributed by atoms with Gasteiger partial charge < -0.3 is 9.47 Å². The maximum absolute atomic E-state index is 12.7. The zero-order chi connectivity index (χ0) is 16.4. The fourth-order valence-electron chi connectivity index (χ4n) is 3.29. The first-order chi connectivity index (χ1) is 11.8. The Hall–Kier alpha value is -2.76. The van der Waals surface area contributed by atoms with Crippen LogP contribution in [-0.2, 0) is 6.54 Å². The zero-order valence-electron chi connectivity index (χ0n) is 13.4. The summed E-state index contributed by atoms with van der Waals surface area (Å²) >= 11 is 0. The maximum Gasteiger partial charge on any atom is 0.253 e. The number of hydrogen-bond donors (Lipinski definition) is 0. The number of likely N-dealkylation sites (tertiary alicyclic amines) is 1. The number of nitrogens with zero attached hydrogens (tertiary/aromatic N) is 5. The summed E-state index contributed by atoms with van der Waals surface area (Å²) < 4.78 is 2.12. The van der Waals surface area contributed by atoms with Crippen molar-refractivity contribution in [2.45, 2.75) is 19.4 Å². The average Bonchev–Trinajstić information content (AvgIpc) is 3.14. The lowest BCUT2D eigenvalue weighted by Gasteiger charge is -2.32. The number of carbonyl (C=O) groups is 1. The SMILES string of the molecule is O=C(c1ccc2nccnc2c1)N1CCC(Cn2ccnc2)CC1. The predicted molar refractivity (Wildman–Crippen MR) is 90.4 cm³/mol. The molecular formula is C18H19N5O. The molecule has 3 heterocycles. The van der Waals surface area contributed by atoms with Crippen molar-refractivity contribution in [3.8, 4) is 0 Å². The van der Waals surface area contributed by atoms with E-state index in [0.29, 0.717) is 11.5 Å². The molecule has 24 heavy (non-hydrogen) atoms. The molecule has 0 N–H and O–H groups in total. The first-order valence-corrected chi connectivity index (χ1v) is 8.25. The molecule has 4 rings (SSSR count). The van der Waals surface area contributed by atoms with Gasteiger partial charge in [0.2, 0.25) is 0 Å². The second kappa shape index (κ2) is 6.39. The van der Waals surface area contributed by atoms with Crippen LogP contribution in [0.15, 0.2) is 49.3 Å². The molecule has 0 atom stereocenters. The highest BCUT2D eigenvalue weighted by Gasteiger charge is 2.24. The Morgan fingerprint density at radius 3 is 2.62 bits per heavy atom. The third kappa shape index (κ3) is 2.99. The first kappa shape index (κ1) is 14.8. The summed E-state index contributed by atoms with van der Waals surface area (Å²) in [5.41, 5.74) is 2.27. The maximum atomic E-state index is 12.7. The van der Waals surface area contributed by atoms with Gasteiger partial charge in [0, 0.05) is 50.0 Å². The van der Waals surface area contributed by atoms with Crippen LogP contribution in [0.2, 0.25) is 0 Å². The number of benzene rings is 1. The van der Waals surface area contributed by atoms with E-state index in [9.17, 15) is 4.79 Å². The molecule has 3 aromatic rings. The molecule has 0 unspecified atom stereocenters. The van der Waals surface area contributed by atoms with Gasteiger partial charge in [-0.05, 0) is 37.0 Å². The Morgan fingerprint density at radius 1 is 1.08 bits per heavy atom.